The van der Waals surface area contributed by atoms with Crippen molar-refractivity contribution in [1.29, 1.82) is 0 Å². The van der Waals surface area contributed by atoms with Crippen molar-refractivity contribution in [2.45, 2.75) is 26.1 Å². The van der Waals surface area contributed by atoms with Crippen LogP contribution in [-0.4, -0.2) is 18.1 Å². The Hall–Kier alpha value is -2.49. The second-order valence-electron chi connectivity index (χ2n) is 5.41. The van der Waals surface area contributed by atoms with Gasteiger partial charge in [-0.25, -0.2) is 4.79 Å². The quantitative estimate of drug-likeness (QED) is 0.862. The number of hydrogen-bond acceptors (Lipinski definition) is 3. The molecule has 0 saturated carbocycles. The van der Waals surface area contributed by atoms with Crippen LogP contribution in [-0.2, 0) is 17.9 Å². The molecule has 0 fully saturated rings. The first-order valence-corrected chi connectivity index (χ1v) is 7.33. The maximum atomic E-state index is 12.3. The van der Waals surface area contributed by atoms with E-state index in [9.17, 15) is 4.79 Å². The molecule has 22 heavy (non-hydrogen) atoms. The molecule has 1 atom stereocenters. The van der Waals surface area contributed by atoms with Gasteiger partial charge in [-0.3, -0.25) is 4.90 Å². The van der Waals surface area contributed by atoms with E-state index in [-0.39, 0.29) is 12.1 Å². The Bertz CT molecular complexity index is 669. The van der Waals surface area contributed by atoms with E-state index in [2.05, 4.69) is 0 Å². The predicted molar refractivity (Wildman–Crippen MR) is 83.6 cm³/mol. The van der Waals surface area contributed by atoms with Crippen LogP contribution in [0.2, 0.25) is 0 Å². The van der Waals surface area contributed by atoms with Gasteiger partial charge in [0.15, 0.2) is 0 Å². The van der Waals surface area contributed by atoms with Gasteiger partial charge in [0, 0.05) is 0 Å². The standard InChI is InChI=1S/C18H19NO3/c1-13-17-9-8-16(21-2)10-15(17)11-19(13)18(20)22-12-14-6-4-3-5-7-14/h3-10,13H,11-12H2,1-2H3. The van der Waals surface area contributed by atoms with Crippen molar-refractivity contribution in [3.63, 3.8) is 0 Å². The van der Waals surface area contributed by atoms with Gasteiger partial charge in [-0.1, -0.05) is 36.4 Å². The lowest BCUT2D eigenvalue weighted by Crippen LogP contribution is -2.28. The molecule has 4 nitrogen and oxygen atoms in total. The van der Waals surface area contributed by atoms with Crippen LogP contribution in [0.4, 0.5) is 4.79 Å². The maximum Gasteiger partial charge on any atom is 0.410 e. The van der Waals surface area contributed by atoms with Gasteiger partial charge in [0.25, 0.3) is 0 Å². The third-order valence-electron chi connectivity index (χ3n) is 4.05. The summed E-state index contributed by atoms with van der Waals surface area (Å²) in [4.78, 5) is 14.1. The van der Waals surface area contributed by atoms with E-state index in [0.29, 0.717) is 13.2 Å². The van der Waals surface area contributed by atoms with Gasteiger partial charge < -0.3 is 9.47 Å². The fraction of sp³-hybridized carbons (Fsp3) is 0.278. The molecule has 0 N–H and O–H groups in total. The monoisotopic (exact) mass is 297 g/mol. The summed E-state index contributed by atoms with van der Waals surface area (Å²) in [6.45, 7) is 2.87. The van der Waals surface area contributed by atoms with E-state index < -0.39 is 0 Å². The molecule has 0 aliphatic carbocycles. The smallest absolute Gasteiger partial charge is 0.410 e. The Morgan fingerprint density at radius 2 is 2.00 bits per heavy atom. The molecule has 3 rings (SSSR count). The number of ether oxygens (including phenoxy) is 2. The fourth-order valence-electron chi connectivity index (χ4n) is 2.77. The second kappa shape index (κ2) is 6.10. The summed E-state index contributed by atoms with van der Waals surface area (Å²) in [5, 5.41) is 0. The third-order valence-corrected chi connectivity index (χ3v) is 4.05. The van der Waals surface area contributed by atoms with Crippen molar-refractivity contribution in [1.82, 2.24) is 4.90 Å². The number of nitrogens with zero attached hydrogens (tertiary/aromatic N) is 1. The number of rotatable bonds is 3. The topological polar surface area (TPSA) is 38.8 Å². The first-order valence-electron chi connectivity index (χ1n) is 7.33. The van der Waals surface area contributed by atoms with Crippen molar-refractivity contribution in [3.8, 4) is 5.75 Å². The van der Waals surface area contributed by atoms with Gasteiger partial charge in [0.1, 0.15) is 12.4 Å². The van der Waals surface area contributed by atoms with Crippen LogP contribution in [0, 0.1) is 0 Å². The second-order valence-corrected chi connectivity index (χ2v) is 5.41. The number of amides is 1. The van der Waals surface area contributed by atoms with Crippen molar-refractivity contribution >= 4 is 6.09 Å². The highest BCUT2D eigenvalue weighted by atomic mass is 16.6. The summed E-state index contributed by atoms with van der Waals surface area (Å²) >= 11 is 0. The summed E-state index contributed by atoms with van der Waals surface area (Å²) in [6.07, 6.45) is -0.286. The molecule has 114 valence electrons. The molecule has 2 aromatic rings. The van der Waals surface area contributed by atoms with E-state index in [1.54, 1.807) is 12.0 Å². The zero-order valence-corrected chi connectivity index (χ0v) is 12.8. The fourth-order valence-corrected chi connectivity index (χ4v) is 2.77. The molecule has 2 aromatic carbocycles. The number of hydrogen-bond donors (Lipinski definition) is 0. The molecule has 0 radical (unpaired) electrons. The van der Waals surface area contributed by atoms with E-state index in [1.807, 2.05) is 55.5 Å². The van der Waals surface area contributed by atoms with E-state index in [1.165, 1.54) is 0 Å². The van der Waals surface area contributed by atoms with Crippen LogP contribution in [0.1, 0.15) is 29.7 Å². The zero-order valence-electron chi connectivity index (χ0n) is 12.8. The first-order chi connectivity index (χ1) is 10.7. The van der Waals surface area contributed by atoms with Gasteiger partial charge in [-0.15, -0.1) is 0 Å². The number of methoxy groups -OCH3 is 1. The molecule has 0 aromatic heterocycles. The molecule has 4 heteroatoms. The Kier molecular flexibility index (Phi) is 4.00. The summed E-state index contributed by atoms with van der Waals surface area (Å²) in [5.41, 5.74) is 3.25. The summed E-state index contributed by atoms with van der Waals surface area (Å²) in [6, 6.07) is 15.6. The first kappa shape index (κ1) is 14.4. The number of carbonyl (C=O) groups excluding carboxylic acids is 1. The van der Waals surface area contributed by atoms with Gasteiger partial charge in [-0.05, 0) is 35.7 Å². The van der Waals surface area contributed by atoms with Crippen LogP contribution in [0.3, 0.4) is 0 Å². The molecular weight excluding hydrogens is 278 g/mol. The van der Waals surface area contributed by atoms with Crippen LogP contribution in [0.25, 0.3) is 0 Å². The zero-order chi connectivity index (χ0) is 15.5. The van der Waals surface area contributed by atoms with Crippen molar-refractivity contribution in [2.75, 3.05) is 7.11 Å². The molecule has 0 spiro atoms. The molecule has 1 aliphatic heterocycles. The maximum absolute atomic E-state index is 12.3. The SMILES string of the molecule is COc1ccc2c(c1)CN(C(=O)OCc1ccccc1)C2C. The molecule has 0 saturated heterocycles. The number of carbonyl (C=O) groups is 1. The van der Waals surface area contributed by atoms with Crippen molar-refractivity contribution < 1.29 is 14.3 Å². The van der Waals surface area contributed by atoms with Crippen LogP contribution < -0.4 is 4.74 Å². The molecule has 1 heterocycles. The van der Waals surface area contributed by atoms with Gasteiger partial charge in [0.2, 0.25) is 0 Å². The minimum absolute atomic E-state index is 0.0178. The summed E-state index contributed by atoms with van der Waals surface area (Å²) < 4.78 is 10.7. The molecular formula is C18H19NO3. The molecule has 1 amide bonds. The number of benzene rings is 2. The van der Waals surface area contributed by atoms with Crippen molar-refractivity contribution in [3.05, 3.63) is 65.2 Å². The van der Waals surface area contributed by atoms with Crippen LogP contribution in [0.5, 0.6) is 5.75 Å². The van der Waals surface area contributed by atoms with Crippen LogP contribution >= 0.6 is 0 Å². The van der Waals surface area contributed by atoms with E-state index in [0.717, 1.165) is 22.4 Å². The highest BCUT2D eigenvalue weighted by molar-refractivity contribution is 5.70. The van der Waals surface area contributed by atoms with Crippen molar-refractivity contribution in [2.24, 2.45) is 0 Å². The highest BCUT2D eigenvalue weighted by Crippen LogP contribution is 2.35. The van der Waals surface area contributed by atoms with Gasteiger partial charge in [-0.2, -0.15) is 0 Å². The Morgan fingerprint density at radius 1 is 1.23 bits per heavy atom. The third kappa shape index (κ3) is 2.77. The summed E-state index contributed by atoms with van der Waals surface area (Å²) in [5.74, 6) is 0.811. The minimum atomic E-state index is -0.286. The lowest BCUT2D eigenvalue weighted by Gasteiger charge is -2.21. The Balaban J connectivity index is 1.67. The minimum Gasteiger partial charge on any atom is -0.497 e. The van der Waals surface area contributed by atoms with E-state index >= 15 is 0 Å². The molecule has 1 aliphatic rings. The molecule has 0 bridgehead atoms. The summed E-state index contributed by atoms with van der Waals surface area (Å²) in [7, 11) is 1.64. The van der Waals surface area contributed by atoms with Gasteiger partial charge in [0.05, 0.1) is 19.7 Å². The number of fused-ring (bicyclic) bond motifs is 1. The van der Waals surface area contributed by atoms with Crippen LogP contribution in [0.15, 0.2) is 48.5 Å². The predicted octanol–water partition coefficient (Wildman–Crippen LogP) is 3.91. The Labute approximate surface area is 130 Å². The average molecular weight is 297 g/mol. The lowest BCUT2D eigenvalue weighted by atomic mass is 10.1. The lowest BCUT2D eigenvalue weighted by molar-refractivity contribution is 0.0859. The normalized spacial score (nSPS) is 16.3. The molecule has 1 unspecified atom stereocenters. The highest BCUT2D eigenvalue weighted by Gasteiger charge is 2.31. The largest absolute Gasteiger partial charge is 0.497 e. The van der Waals surface area contributed by atoms with E-state index in [4.69, 9.17) is 9.47 Å². The average Bonchev–Trinajstić information content (AvgIpc) is 2.90. The van der Waals surface area contributed by atoms with Gasteiger partial charge >= 0.3 is 6.09 Å². The Morgan fingerprint density at radius 3 is 2.73 bits per heavy atom.